The third-order valence-corrected chi connectivity index (χ3v) is 4.80. The molecule has 3 aromatic carbocycles. The predicted octanol–water partition coefficient (Wildman–Crippen LogP) is 4.94. The Kier molecular flexibility index (Phi) is 5.49. The maximum atomic E-state index is 12.5. The summed E-state index contributed by atoms with van der Waals surface area (Å²) in [6.07, 6.45) is 0.757. The first kappa shape index (κ1) is 17.2. The van der Waals surface area contributed by atoms with Crippen molar-refractivity contribution in [2.24, 2.45) is 5.92 Å². The highest BCUT2D eigenvalue weighted by Crippen LogP contribution is 2.21. The zero-order valence-corrected chi connectivity index (χ0v) is 14.9. The van der Waals surface area contributed by atoms with Gasteiger partial charge in [-0.05, 0) is 34.2 Å². The summed E-state index contributed by atoms with van der Waals surface area (Å²) in [4.78, 5) is 12.5. The highest BCUT2D eigenvalue weighted by Gasteiger charge is 2.16. The fourth-order valence-corrected chi connectivity index (χ4v) is 3.22. The van der Waals surface area contributed by atoms with Crippen molar-refractivity contribution in [2.75, 3.05) is 6.54 Å². The van der Waals surface area contributed by atoms with Gasteiger partial charge in [-0.2, -0.15) is 0 Å². The van der Waals surface area contributed by atoms with Gasteiger partial charge in [0.05, 0.1) is 0 Å². The summed E-state index contributed by atoms with van der Waals surface area (Å²) in [5.41, 5.74) is 2.49. The SMILES string of the molecule is C[C@H](Cc1cccc2ccccc12)C(=O)NC[C@H](C)c1ccccc1. The topological polar surface area (TPSA) is 29.1 Å². The Bertz CT molecular complexity index is 836. The normalized spacial score (nSPS) is 13.4. The second-order valence-electron chi connectivity index (χ2n) is 6.80. The molecule has 0 fully saturated rings. The lowest BCUT2D eigenvalue weighted by Gasteiger charge is -2.17. The van der Waals surface area contributed by atoms with Crippen molar-refractivity contribution in [1.29, 1.82) is 0 Å². The molecule has 2 atom stereocenters. The number of benzene rings is 3. The first-order valence-electron chi connectivity index (χ1n) is 8.94. The maximum Gasteiger partial charge on any atom is 0.223 e. The minimum Gasteiger partial charge on any atom is -0.355 e. The summed E-state index contributed by atoms with van der Waals surface area (Å²) in [6.45, 7) is 4.82. The lowest BCUT2D eigenvalue weighted by atomic mass is 9.95. The number of nitrogens with one attached hydrogen (secondary N) is 1. The molecule has 0 saturated heterocycles. The van der Waals surface area contributed by atoms with Crippen molar-refractivity contribution in [3.63, 3.8) is 0 Å². The van der Waals surface area contributed by atoms with Crippen LogP contribution in [0.3, 0.4) is 0 Å². The van der Waals surface area contributed by atoms with E-state index in [4.69, 9.17) is 0 Å². The van der Waals surface area contributed by atoms with Gasteiger partial charge in [0.15, 0.2) is 0 Å². The third kappa shape index (κ3) is 4.27. The van der Waals surface area contributed by atoms with Crippen molar-refractivity contribution in [3.8, 4) is 0 Å². The van der Waals surface area contributed by atoms with Gasteiger partial charge in [-0.25, -0.2) is 0 Å². The van der Waals surface area contributed by atoms with E-state index in [1.165, 1.54) is 21.9 Å². The molecule has 0 bridgehead atoms. The fourth-order valence-electron chi connectivity index (χ4n) is 3.22. The van der Waals surface area contributed by atoms with Crippen LogP contribution in [-0.2, 0) is 11.2 Å². The minimum atomic E-state index is -0.0474. The Morgan fingerprint density at radius 3 is 2.36 bits per heavy atom. The number of carbonyl (C=O) groups is 1. The van der Waals surface area contributed by atoms with Crippen LogP contribution < -0.4 is 5.32 Å². The Morgan fingerprint density at radius 1 is 0.880 bits per heavy atom. The molecule has 0 spiro atoms. The molecule has 1 N–H and O–H groups in total. The van der Waals surface area contributed by atoms with Crippen molar-refractivity contribution in [2.45, 2.75) is 26.2 Å². The highest BCUT2D eigenvalue weighted by molar-refractivity contribution is 5.86. The lowest BCUT2D eigenvalue weighted by Crippen LogP contribution is -2.33. The van der Waals surface area contributed by atoms with Crippen molar-refractivity contribution in [3.05, 3.63) is 83.9 Å². The van der Waals surface area contributed by atoms with E-state index in [-0.39, 0.29) is 11.8 Å². The van der Waals surface area contributed by atoms with Crippen LogP contribution in [-0.4, -0.2) is 12.5 Å². The molecule has 2 nitrogen and oxygen atoms in total. The predicted molar refractivity (Wildman–Crippen MR) is 105 cm³/mol. The standard InChI is InChI=1S/C23H25NO/c1-17(15-21-13-8-12-20-11-6-7-14-22(20)21)23(25)24-16-18(2)19-9-4-3-5-10-19/h3-14,17-18H,15-16H2,1-2H3,(H,24,25)/t17-,18+/m1/s1. The van der Waals surface area contributed by atoms with Gasteiger partial charge >= 0.3 is 0 Å². The number of carbonyl (C=O) groups excluding carboxylic acids is 1. The molecule has 0 aliphatic rings. The van der Waals surface area contributed by atoms with Gasteiger partial charge in [0.1, 0.15) is 0 Å². The average molecular weight is 331 g/mol. The first-order valence-corrected chi connectivity index (χ1v) is 8.94. The molecule has 0 aromatic heterocycles. The molecule has 128 valence electrons. The summed E-state index contributed by atoms with van der Waals surface area (Å²) in [7, 11) is 0. The van der Waals surface area contributed by atoms with Gasteiger partial charge in [0.25, 0.3) is 0 Å². The van der Waals surface area contributed by atoms with Crippen LogP contribution in [0.4, 0.5) is 0 Å². The van der Waals surface area contributed by atoms with Crippen LogP contribution in [0.15, 0.2) is 72.8 Å². The Hall–Kier alpha value is -2.61. The first-order chi connectivity index (χ1) is 12.1. The summed E-state index contributed by atoms with van der Waals surface area (Å²) in [5.74, 6) is 0.388. The number of hydrogen-bond acceptors (Lipinski definition) is 1. The van der Waals surface area contributed by atoms with Gasteiger partial charge in [-0.15, -0.1) is 0 Å². The van der Waals surface area contributed by atoms with E-state index >= 15 is 0 Å². The number of fused-ring (bicyclic) bond motifs is 1. The van der Waals surface area contributed by atoms with E-state index in [2.05, 4.69) is 60.8 Å². The largest absolute Gasteiger partial charge is 0.355 e. The molecule has 0 saturated carbocycles. The van der Waals surface area contributed by atoms with E-state index in [0.717, 1.165) is 6.42 Å². The van der Waals surface area contributed by atoms with Crippen LogP contribution in [0.25, 0.3) is 10.8 Å². The van der Waals surface area contributed by atoms with E-state index < -0.39 is 0 Å². The summed E-state index contributed by atoms with van der Waals surface area (Å²) >= 11 is 0. The molecule has 25 heavy (non-hydrogen) atoms. The smallest absolute Gasteiger partial charge is 0.223 e. The van der Waals surface area contributed by atoms with Crippen LogP contribution in [0.5, 0.6) is 0 Å². The van der Waals surface area contributed by atoms with E-state index in [1.54, 1.807) is 0 Å². The zero-order chi connectivity index (χ0) is 17.6. The zero-order valence-electron chi connectivity index (χ0n) is 14.9. The molecule has 0 aliphatic heterocycles. The molecule has 1 amide bonds. The highest BCUT2D eigenvalue weighted by atomic mass is 16.1. The van der Waals surface area contributed by atoms with Gasteiger partial charge < -0.3 is 5.32 Å². The van der Waals surface area contributed by atoms with Gasteiger partial charge in [0.2, 0.25) is 5.91 Å². The summed E-state index contributed by atoms with van der Waals surface area (Å²) in [6, 6.07) is 25.0. The molecule has 3 rings (SSSR count). The van der Waals surface area contributed by atoms with Gasteiger partial charge in [0, 0.05) is 12.5 Å². The average Bonchev–Trinajstić information content (AvgIpc) is 2.66. The number of hydrogen-bond donors (Lipinski definition) is 1. The van der Waals surface area contributed by atoms with E-state index in [1.807, 2.05) is 31.2 Å². The number of rotatable bonds is 6. The number of amides is 1. The van der Waals surface area contributed by atoms with Crippen molar-refractivity contribution < 1.29 is 4.79 Å². The molecule has 0 radical (unpaired) electrons. The fraction of sp³-hybridized carbons (Fsp3) is 0.261. The third-order valence-electron chi connectivity index (χ3n) is 4.80. The minimum absolute atomic E-state index is 0.0474. The quantitative estimate of drug-likeness (QED) is 0.681. The second-order valence-corrected chi connectivity index (χ2v) is 6.80. The monoisotopic (exact) mass is 331 g/mol. The van der Waals surface area contributed by atoms with E-state index in [0.29, 0.717) is 12.5 Å². The molecule has 0 heterocycles. The molecule has 2 heteroatoms. The van der Waals surface area contributed by atoms with Crippen LogP contribution >= 0.6 is 0 Å². The van der Waals surface area contributed by atoms with Crippen LogP contribution in [0, 0.1) is 5.92 Å². The Balaban J connectivity index is 1.61. The van der Waals surface area contributed by atoms with Crippen LogP contribution in [0.2, 0.25) is 0 Å². The molecule has 0 unspecified atom stereocenters. The van der Waals surface area contributed by atoms with Crippen molar-refractivity contribution in [1.82, 2.24) is 5.32 Å². The maximum absolute atomic E-state index is 12.5. The van der Waals surface area contributed by atoms with Gasteiger partial charge in [-0.3, -0.25) is 4.79 Å². The molecular weight excluding hydrogens is 306 g/mol. The lowest BCUT2D eigenvalue weighted by molar-refractivity contribution is -0.124. The Morgan fingerprint density at radius 2 is 1.56 bits per heavy atom. The summed E-state index contributed by atoms with van der Waals surface area (Å²) < 4.78 is 0. The van der Waals surface area contributed by atoms with Crippen molar-refractivity contribution >= 4 is 16.7 Å². The molecule has 0 aliphatic carbocycles. The van der Waals surface area contributed by atoms with E-state index in [9.17, 15) is 4.79 Å². The molecular formula is C23H25NO. The Labute approximate surface area is 149 Å². The second kappa shape index (κ2) is 7.98. The van der Waals surface area contributed by atoms with Gasteiger partial charge in [-0.1, -0.05) is 86.6 Å². The molecule has 3 aromatic rings. The summed E-state index contributed by atoms with van der Waals surface area (Å²) in [5, 5.41) is 5.58. The van der Waals surface area contributed by atoms with Crippen LogP contribution in [0.1, 0.15) is 30.9 Å².